The van der Waals surface area contributed by atoms with Crippen LogP contribution in [0.15, 0.2) is 53.7 Å². The first-order chi connectivity index (χ1) is 23.7. The normalized spacial score (nSPS) is 23.7. The van der Waals surface area contributed by atoms with Gasteiger partial charge in [-0.2, -0.15) is 0 Å². The number of halogens is 1. The van der Waals surface area contributed by atoms with Crippen molar-refractivity contribution in [1.82, 2.24) is 20.9 Å². The van der Waals surface area contributed by atoms with Gasteiger partial charge in [0.15, 0.2) is 5.60 Å². The van der Waals surface area contributed by atoms with Crippen molar-refractivity contribution in [2.45, 2.75) is 89.4 Å². The highest BCUT2D eigenvalue weighted by Gasteiger charge is 2.56. The highest BCUT2D eigenvalue weighted by molar-refractivity contribution is 6.38. The Balaban J connectivity index is 1.42. The van der Waals surface area contributed by atoms with Crippen LogP contribution in [0.5, 0.6) is 5.75 Å². The molecule has 0 aromatic heterocycles. The molecular weight excluding hydrogens is 662 g/mol. The molecule has 0 bridgehead atoms. The Morgan fingerprint density at radius 1 is 1.08 bits per heavy atom. The molecular formula is C37H46ClN5O7. The summed E-state index contributed by atoms with van der Waals surface area (Å²) < 4.78 is 5.54. The molecule has 1 saturated heterocycles. The van der Waals surface area contributed by atoms with E-state index < -0.39 is 52.6 Å². The number of ether oxygens (including phenoxy) is 1. The van der Waals surface area contributed by atoms with Gasteiger partial charge < -0.3 is 30.4 Å². The lowest BCUT2D eigenvalue weighted by molar-refractivity contribution is -0.145. The number of nitrogens with zero attached hydrogens (tertiary/aromatic N) is 2. The number of carbonyl (C=O) groups is 5. The van der Waals surface area contributed by atoms with Gasteiger partial charge in [0.1, 0.15) is 17.8 Å². The number of carbonyl (C=O) groups excluding carboxylic acids is 5. The second kappa shape index (κ2) is 14.8. The van der Waals surface area contributed by atoms with Crippen LogP contribution < -0.4 is 20.7 Å². The summed E-state index contributed by atoms with van der Waals surface area (Å²) in [5.41, 5.74) is 0.416. The molecule has 1 spiro atoms. The summed E-state index contributed by atoms with van der Waals surface area (Å²) in [6.07, 6.45) is 1.72. The number of rotatable bonds is 12. The van der Waals surface area contributed by atoms with Crippen LogP contribution in [0.25, 0.3) is 0 Å². The number of oxime groups is 1. The van der Waals surface area contributed by atoms with Crippen molar-refractivity contribution in [1.29, 1.82) is 0 Å². The van der Waals surface area contributed by atoms with E-state index >= 15 is 0 Å². The Morgan fingerprint density at radius 2 is 1.80 bits per heavy atom. The van der Waals surface area contributed by atoms with Gasteiger partial charge in [0.25, 0.3) is 5.91 Å². The Bertz CT molecular complexity index is 1680. The highest BCUT2D eigenvalue weighted by atomic mass is 35.5. The van der Waals surface area contributed by atoms with E-state index in [0.29, 0.717) is 34.9 Å². The summed E-state index contributed by atoms with van der Waals surface area (Å²) in [5, 5.41) is 12.9. The molecule has 0 unspecified atom stereocenters. The molecule has 6 atom stereocenters. The lowest BCUT2D eigenvalue weighted by Gasteiger charge is -2.35. The highest BCUT2D eigenvalue weighted by Crippen LogP contribution is 2.48. The average molecular weight is 708 g/mol. The van der Waals surface area contributed by atoms with E-state index in [0.717, 1.165) is 5.56 Å². The van der Waals surface area contributed by atoms with E-state index in [2.05, 4.69) is 21.1 Å². The first kappa shape index (κ1) is 36.8. The maximum absolute atomic E-state index is 14.6. The van der Waals surface area contributed by atoms with Crippen molar-refractivity contribution >= 4 is 46.7 Å². The van der Waals surface area contributed by atoms with Crippen molar-refractivity contribution < 1.29 is 33.5 Å². The zero-order chi connectivity index (χ0) is 36.4. The molecule has 3 N–H and O–H groups in total. The Morgan fingerprint density at radius 3 is 2.44 bits per heavy atom. The van der Waals surface area contributed by atoms with Gasteiger partial charge in [0, 0.05) is 36.4 Å². The molecule has 1 saturated carbocycles. The van der Waals surface area contributed by atoms with Gasteiger partial charge in [-0.3, -0.25) is 24.0 Å². The number of methoxy groups -OCH3 is 1. The Labute approximate surface area is 297 Å². The molecule has 12 nitrogen and oxygen atoms in total. The topological polar surface area (TPSA) is 156 Å². The summed E-state index contributed by atoms with van der Waals surface area (Å²) in [4.78, 5) is 75.0. The van der Waals surface area contributed by atoms with E-state index in [4.69, 9.17) is 21.2 Å². The fourth-order valence-corrected chi connectivity index (χ4v) is 7.08. The second-order valence-corrected chi connectivity index (χ2v) is 14.9. The maximum Gasteiger partial charge on any atom is 0.289 e. The van der Waals surface area contributed by atoms with Gasteiger partial charge in [-0.15, -0.1) is 0 Å². The first-order valence-corrected chi connectivity index (χ1v) is 17.4. The Hall–Kier alpha value is -4.45. The predicted molar refractivity (Wildman–Crippen MR) is 188 cm³/mol. The quantitative estimate of drug-likeness (QED) is 0.284. The zero-order valence-corrected chi connectivity index (χ0v) is 30.1. The van der Waals surface area contributed by atoms with Gasteiger partial charge in [0.05, 0.1) is 25.4 Å². The van der Waals surface area contributed by atoms with Crippen LogP contribution in [-0.4, -0.2) is 84.5 Å². The van der Waals surface area contributed by atoms with Gasteiger partial charge in [-0.1, -0.05) is 81.2 Å². The lowest BCUT2D eigenvalue weighted by atomic mass is 9.85. The molecule has 2 heterocycles. The number of hydrogen-bond acceptors (Lipinski definition) is 8. The number of amides is 4. The third-order valence-electron chi connectivity index (χ3n) is 9.71. The van der Waals surface area contributed by atoms with Crippen LogP contribution in [0.3, 0.4) is 0 Å². The lowest BCUT2D eigenvalue weighted by Crippen LogP contribution is -2.59. The third-order valence-corrected chi connectivity index (χ3v) is 9.95. The SMILES string of the molecule is CCC[C@H](NC(=O)[C@@H]1C[C@]2(CC(c3cc(Cl)ccc3OC)=NO2)CN1C(=O)[C@@H](NC(=O)[C@@H]1C[C@H]1c1ccccc1)C(C)(C)C)C(=O)C(=O)NC. The van der Waals surface area contributed by atoms with Gasteiger partial charge in [-0.05, 0) is 47.9 Å². The molecule has 2 fully saturated rings. The molecule has 1 aliphatic carbocycles. The summed E-state index contributed by atoms with van der Waals surface area (Å²) in [7, 11) is 2.88. The molecule has 4 amide bonds. The monoisotopic (exact) mass is 707 g/mol. The van der Waals surface area contributed by atoms with Crippen LogP contribution in [-0.2, 0) is 28.8 Å². The van der Waals surface area contributed by atoms with E-state index in [1.807, 2.05) is 58.0 Å². The predicted octanol–water partition coefficient (Wildman–Crippen LogP) is 3.75. The van der Waals surface area contributed by atoms with Crippen molar-refractivity contribution in [3.8, 4) is 5.75 Å². The number of likely N-dealkylation sites (N-methyl/N-ethyl adjacent to an activating group) is 1. The number of ketones is 1. The van der Waals surface area contributed by atoms with E-state index in [1.54, 1.807) is 18.2 Å². The van der Waals surface area contributed by atoms with Crippen LogP contribution in [0.1, 0.15) is 76.8 Å². The summed E-state index contributed by atoms with van der Waals surface area (Å²) in [6, 6.07) is 11.8. The van der Waals surface area contributed by atoms with E-state index in [9.17, 15) is 24.0 Å². The number of benzene rings is 2. The molecule has 13 heteroatoms. The fourth-order valence-electron chi connectivity index (χ4n) is 6.90. The smallest absolute Gasteiger partial charge is 0.289 e. The zero-order valence-electron chi connectivity index (χ0n) is 29.4. The van der Waals surface area contributed by atoms with Crippen molar-refractivity contribution in [3.05, 3.63) is 64.7 Å². The van der Waals surface area contributed by atoms with E-state index in [1.165, 1.54) is 19.1 Å². The molecule has 0 radical (unpaired) electrons. The Kier molecular flexibility index (Phi) is 10.9. The maximum atomic E-state index is 14.6. The molecule has 50 heavy (non-hydrogen) atoms. The van der Waals surface area contributed by atoms with Crippen molar-refractivity contribution in [2.24, 2.45) is 16.5 Å². The molecule has 5 rings (SSSR count). The fraction of sp³-hybridized carbons (Fsp3) is 0.514. The minimum absolute atomic E-state index is 0.0137. The minimum Gasteiger partial charge on any atom is -0.496 e. The summed E-state index contributed by atoms with van der Waals surface area (Å²) >= 11 is 6.31. The minimum atomic E-state index is -1.09. The number of nitrogens with one attached hydrogen (secondary N) is 3. The van der Waals surface area contributed by atoms with Crippen LogP contribution in [0.4, 0.5) is 0 Å². The van der Waals surface area contributed by atoms with Crippen LogP contribution in [0.2, 0.25) is 5.02 Å². The van der Waals surface area contributed by atoms with E-state index in [-0.39, 0.29) is 43.6 Å². The molecule has 268 valence electrons. The van der Waals surface area contributed by atoms with Gasteiger partial charge in [-0.25, -0.2) is 0 Å². The van der Waals surface area contributed by atoms with Gasteiger partial charge in [0.2, 0.25) is 23.5 Å². The van der Waals surface area contributed by atoms with Gasteiger partial charge >= 0.3 is 0 Å². The summed E-state index contributed by atoms with van der Waals surface area (Å²) in [6.45, 7) is 7.40. The molecule has 2 aliphatic heterocycles. The molecule has 3 aliphatic rings. The number of Topliss-reactive ketones (excluding diaryl/α,β-unsaturated/α-hetero) is 1. The third kappa shape index (κ3) is 7.80. The second-order valence-electron chi connectivity index (χ2n) is 14.5. The number of hydrogen-bond donors (Lipinski definition) is 3. The van der Waals surface area contributed by atoms with Crippen molar-refractivity contribution in [3.63, 3.8) is 0 Å². The van der Waals surface area contributed by atoms with Crippen molar-refractivity contribution in [2.75, 3.05) is 20.7 Å². The average Bonchev–Trinajstić information content (AvgIpc) is 3.67. The standard InChI is InChI=1S/C37H46ClN5O7/c1-7-11-26(30(44)34(47)39-5)40-33(46)28-19-37(18-27(42-50-37)25-16-22(38)14-15-29(25)49-6)20-43(28)35(48)31(36(2,3)4)41-32(45)24-17-23(24)21-12-9-8-10-13-21/h8-10,12-16,23-24,26,28,31H,7,11,17-20H2,1-6H3,(H,39,47)(H,40,46)(H,41,45)/t23-,24+,26-,28-,31+,37+/m0/s1. The molecule has 2 aromatic rings. The summed E-state index contributed by atoms with van der Waals surface area (Å²) in [5.74, 6) is -2.55. The largest absolute Gasteiger partial charge is 0.496 e. The molecule has 2 aromatic carbocycles. The van der Waals surface area contributed by atoms with Crippen LogP contribution in [0, 0.1) is 11.3 Å². The van der Waals surface area contributed by atoms with Crippen LogP contribution >= 0.6 is 11.6 Å². The number of likely N-dealkylation sites (tertiary alicyclic amines) is 1. The first-order valence-electron chi connectivity index (χ1n) is 17.0.